The van der Waals surface area contributed by atoms with Crippen molar-refractivity contribution in [1.82, 2.24) is 4.90 Å². The average Bonchev–Trinajstić information content (AvgIpc) is 2.29. The fraction of sp³-hybridized carbons (Fsp3) is 0.357. The van der Waals surface area contributed by atoms with Crippen LogP contribution in [0.1, 0.15) is 18.4 Å². The van der Waals surface area contributed by atoms with Gasteiger partial charge in [0.25, 0.3) is 0 Å². The van der Waals surface area contributed by atoms with Crippen molar-refractivity contribution in [3.05, 3.63) is 42.5 Å². The Labute approximate surface area is 102 Å². The zero-order valence-electron chi connectivity index (χ0n) is 10.2. The maximum atomic E-state index is 11.8. The third kappa shape index (κ3) is 4.72. The lowest BCUT2D eigenvalue weighted by Gasteiger charge is -2.16. The first kappa shape index (κ1) is 13.3. The summed E-state index contributed by atoms with van der Waals surface area (Å²) in [4.78, 5) is 13.6. The fourth-order valence-electron chi connectivity index (χ4n) is 1.57. The number of carbonyl (C=O) groups is 1. The highest BCUT2D eigenvalue weighted by Gasteiger charge is 2.09. The van der Waals surface area contributed by atoms with Crippen molar-refractivity contribution in [3.63, 3.8) is 0 Å². The number of carbonyl (C=O) groups excluding carboxylic acids is 1. The summed E-state index contributed by atoms with van der Waals surface area (Å²) in [6.07, 6.45) is 4.04. The minimum Gasteiger partial charge on any atom is -0.508 e. The number of rotatable bonds is 6. The first-order valence-corrected chi connectivity index (χ1v) is 5.76. The summed E-state index contributed by atoms with van der Waals surface area (Å²) in [5, 5.41) is 9.30. The van der Waals surface area contributed by atoms with Crippen LogP contribution in [0.25, 0.3) is 0 Å². The minimum absolute atomic E-state index is 0.0691. The van der Waals surface area contributed by atoms with Gasteiger partial charge in [-0.25, -0.2) is 0 Å². The molecule has 0 aliphatic heterocycles. The van der Waals surface area contributed by atoms with Crippen molar-refractivity contribution < 1.29 is 9.90 Å². The van der Waals surface area contributed by atoms with Crippen LogP contribution in [0.5, 0.6) is 5.75 Å². The quantitative estimate of drug-likeness (QED) is 0.605. The zero-order chi connectivity index (χ0) is 12.7. The van der Waals surface area contributed by atoms with Crippen LogP contribution >= 0.6 is 0 Å². The summed E-state index contributed by atoms with van der Waals surface area (Å²) in [5.74, 6) is 0.268. The van der Waals surface area contributed by atoms with Crippen LogP contribution < -0.4 is 0 Å². The first-order valence-electron chi connectivity index (χ1n) is 5.76. The van der Waals surface area contributed by atoms with Gasteiger partial charge in [0.05, 0.1) is 6.42 Å². The van der Waals surface area contributed by atoms with Gasteiger partial charge in [0.15, 0.2) is 0 Å². The normalized spacial score (nSPS) is 9.94. The monoisotopic (exact) mass is 233 g/mol. The van der Waals surface area contributed by atoms with Gasteiger partial charge in [0, 0.05) is 13.6 Å². The molecule has 0 aliphatic carbocycles. The number of amides is 1. The maximum absolute atomic E-state index is 11.8. The van der Waals surface area contributed by atoms with E-state index < -0.39 is 0 Å². The number of benzene rings is 1. The van der Waals surface area contributed by atoms with Gasteiger partial charge in [0.2, 0.25) is 5.91 Å². The number of nitrogens with zero attached hydrogens (tertiary/aromatic N) is 1. The Kier molecular flexibility index (Phi) is 5.27. The second kappa shape index (κ2) is 6.74. The molecule has 0 heterocycles. The molecule has 0 radical (unpaired) electrons. The molecule has 0 saturated heterocycles. The largest absolute Gasteiger partial charge is 0.508 e. The molecule has 1 aromatic rings. The van der Waals surface area contributed by atoms with Crippen LogP contribution in [0.4, 0.5) is 0 Å². The summed E-state index contributed by atoms with van der Waals surface area (Å²) >= 11 is 0. The van der Waals surface area contributed by atoms with Crippen LogP contribution in [0.15, 0.2) is 36.9 Å². The second-order valence-corrected chi connectivity index (χ2v) is 4.09. The topological polar surface area (TPSA) is 40.5 Å². The molecule has 1 amide bonds. The number of hydrogen-bond donors (Lipinski definition) is 1. The molecule has 0 saturated carbocycles. The van der Waals surface area contributed by atoms with E-state index in [1.165, 1.54) is 0 Å². The highest BCUT2D eigenvalue weighted by molar-refractivity contribution is 5.78. The molecule has 1 N–H and O–H groups in total. The highest BCUT2D eigenvalue weighted by Crippen LogP contribution is 2.12. The van der Waals surface area contributed by atoms with Gasteiger partial charge in [0.1, 0.15) is 5.75 Å². The standard InChI is InChI=1S/C14H19NO2/c1-3-4-5-9-15(2)14(17)11-12-7-6-8-13(16)10-12/h3,6-8,10,16H,1,4-5,9,11H2,2H3. The van der Waals surface area contributed by atoms with Crippen LogP contribution in [0, 0.1) is 0 Å². The molecule has 1 rings (SSSR count). The first-order chi connectivity index (χ1) is 8.13. The lowest BCUT2D eigenvalue weighted by Crippen LogP contribution is -2.29. The van der Waals surface area contributed by atoms with Crippen molar-refractivity contribution in [3.8, 4) is 5.75 Å². The van der Waals surface area contributed by atoms with E-state index in [0.29, 0.717) is 6.42 Å². The molecular formula is C14H19NO2. The summed E-state index contributed by atoms with van der Waals surface area (Å²) in [5.41, 5.74) is 0.838. The van der Waals surface area contributed by atoms with Gasteiger partial charge in [-0.2, -0.15) is 0 Å². The Morgan fingerprint density at radius 1 is 1.53 bits per heavy atom. The highest BCUT2D eigenvalue weighted by atomic mass is 16.3. The molecule has 3 nitrogen and oxygen atoms in total. The molecule has 0 fully saturated rings. The SMILES string of the molecule is C=CCCCN(C)C(=O)Cc1cccc(O)c1. The van der Waals surface area contributed by atoms with E-state index in [1.807, 2.05) is 12.1 Å². The number of hydrogen-bond acceptors (Lipinski definition) is 2. The number of aromatic hydroxyl groups is 1. The molecule has 1 aromatic carbocycles. The molecule has 0 aliphatic rings. The van der Waals surface area contributed by atoms with E-state index in [2.05, 4.69) is 6.58 Å². The Balaban J connectivity index is 2.45. The molecule has 0 unspecified atom stereocenters. The van der Waals surface area contributed by atoms with Gasteiger partial charge >= 0.3 is 0 Å². The molecule has 3 heteroatoms. The number of likely N-dealkylation sites (N-methyl/N-ethyl adjacent to an activating group) is 1. The molecule has 17 heavy (non-hydrogen) atoms. The lowest BCUT2D eigenvalue weighted by atomic mass is 10.1. The predicted octanol–water partition coefficient (Wildman–Crippen LogP) is 2.36. The van der Waals surface area contributed by atoms with Gasteiger partial charge in [-0.15, -0.1) is 6.58 Å². The Morgan fingerprint density at radius 2 is 2.29 bits per heavy atom. The van der Waals surface area contributed by atoms with E-state index in [0.717, 1.165) is 24.9 Å². The van der Waals surface area contributed by atoms with E-state index in [4.69, 9.17) is 0 Å². The van der Waals surface area contributed by atoms with Crippen molar-refractivity contribution in [1.29, 1.82) is 0 Å². The number of phenols is 1. The Bertz CT molecular complexity index is 388. The van der Waals surface area contributed by atoms with Crippen molar-refractivity contribution in [2.45, 2.75) is 19.3 Å². The minimum atomic E-state index is 0.0691. The third-order valence-electron chi connectivity index (χ3n) is 2.59. The van der Waals surface area contributed by atoms with Crippen LogP contribution in [-0.4, -0.2) is 29.5 Å². The average molecular weight is 233 g/mol. The number of unbranched alkanes of at least 4 members (excludes halogenated alkanes) is 1. The Hall–Kier alpha value is -1.77. The molecule has 0 bridgehead atoms. The van der Waals surface area contributed by atoms with E-state index >= 15 is 0 Å². The molecule has 92 valence electrons. The van der Waals surface area contributed by atoms with E-state index in [-0.39, 0.29) is 11.7 Å². The maximum Gasteiger partial charge on any atom is 0.226 e. The van der Waals surface area contributed by atoms with E-state index in [9.17, 15) is 9.90 Å². The summed E-state index contributed by atoms with van der Waals surface area (Å²) < 4.78 is 0. The smallest absolute Gasteiger partial charge is 0.226 e. The summed E-state index contributed by atoms with van der Waals surface area (Å²) in [6.45, 7) is 4.39. The zero-order valence-corrected chi connectivity index (χ0v) is 10.2. The molecular weight excluding hydrogens is 214 g/mol. The van der Waals surface area contributed by atoms with Gasteiger partial charge in [-0.1, -0.05) is 18.2 Å². The molecule has 0 aromatic heterocycles. The van der Waals surface area contributed by atoms with Gasteiger partial charge in [-0.3, -0.25) is 4.79 Å². The Morgan fingerprint density at radius 3 is 2.94 bits per heavy atom. The summed E-state index contributed by atoms with van der Waals surface area (Å²) in [6, 6.07) is 6.81. The number of allylic oxidation sites excluding steroid dienone is 1. The molecule has 0 atom stereocenters. The van der Waals surface area contributed by atoms with Crippen LogP contribution in [0.3, 0.4) is 0 Å². The number of phenolic OH excluding ortho intramolecular Hbond substituents is 1. The predicted molar refractivity (Wildman–Crippen MR) is 68.9 cm³/mol. The van der Waals surface area contributed by atoms with Gasteiger partial charge in [-0.05, 0) is 30.5 Å². The van der Waals surface area contributed by atoms with Crippen molar-refractivity contribution >= 4 is 5.91 Å². The molecule has 0 spiro atoms. The second-order valence-electron chi connectivity index (χ2n) is 4.09. The van der Waals surface area contributed by atoms with Crippen LogP contribution in [0.2, 0.25) is 0 Å². The van der Waals surface area contributed by atoms with Gasteiger partial charge < -0.3 is 10.0 Å². The third-order valence-corrected chi connectivity index (χ3v) is 2.59. The van der Waals surface area contributed by atoms with E-state index in [1.54, 1.807) is 30.1 Å². The summed E-state index contributed by atoms with van der Waals surface area (Å²) in [7, 11) is 1.80. The fourth-order valence-corrected chi connectivity index (χ4v) is 1.57. The van der Waals surface area contributed by atoms with Crippen molar-refractivity contribution in [2.75, 3.05) is 13.6 Å². The van der Waals surface area contributed by atoms with Crippen LogP contribution in [-0.2, 0) is 11.2 Å². The van der Waals surface area contributed by atoms with Crippen molar-refractivity contribution in [2.24, 2.45) is 0 Å². The lowest BCUT2D eigenvalue weighted by molar-refractivity contribution is -0.129.